The first kappa shape index (κ1) is 19.1. The number of methoxy groups -OCH3 is 2. The zero-order chi connectivity index (χ0) is 18.2. The number of thiophene rings is 1. The van der Waals surface area contributed by atoms with Crippen molar-refractivity contribution >= 4 is 40.4 Å². The molecule has 0 spiro atoms. The van der Waals surface area contributed by atoms with Crippen molar-refractivity contribution in [2.45, 2.75) is 12.8 Å². The molecule has 0 bridgehead atoms. The number of amides is 2. The highest BCUT2D eigenvalue weighted by Crippen LogP contribution is 2.35. The highest BCUT2D eigenvalue weighted by atomic mass is 35.5. The Balaban J connectivity index is 1.83. The van der Waals surface area contributed by atoms with Gasteiger partial charge in [-0.3, -0.25) is 9.59 Å². The number of rotatable bonds is 8. The minimum atomic E-state index is -0.188. The predicted octanol–water partition coefficient (Wildman–Crippen LogP) is 3.57. The summed E-state index contributed by atoms with van der Waals surface area (Å²) in [6.07, 6.45) is 0.784. The molecule has 2 rings (SSSR count). The summed E-state index contributed by atoms with van der Waals surface area (Å²) in [6, 6.07) is 4.95. The summed E-state index contributed by atoms with van der Waals surface area (Å²) in [6.45, 7) is 0.420. The molecule has 1 heterocycles. The molecule has 0 unspecified atom stereocenters. The smallest absolute Gasteiger partial charge is 0.252 e. The molecular weight excluding hydrogens is 364 g/mol. The minimum Gasteiger partial charge on any atom is -0.495 e. The van der Waals surface area contributed by atoms with Crippen molar-refractivity contribution in [2.24, 2.45) is 0 Å². The number of carbonyl (C=O) groups excluding carboxylic acids is 2. The van der Waals surface area contributed by atoms with Gasteiger partial charge in [-0.25, -0.2) is 0 Å². The molecule has 1 aromatic heterocycles. The molecule has 2 amide bonds. The molecule has 0 fully saturated rings. The number of nitrogens with one attached hydrogen (secondary N) is 2. The van der Waals surface area contributed by atoms with E-state index in [-0.39, 0.29) is 18.2 Å². The Morgan fingerprint density at radius 3 is 2.60 bits per heavy atom. The van der Waals surface area contributed by atoms with E-state index in [9.17, 15) is 9.59 Å². The van der Waals surface area contributed by atoms with Gasteiger partial charge in [0.2, 0.25) is 5.91 Å². The molecule has 25 heavy (non-hydrogen) atoms. The van der Waals surface area contributed by atoms with Gasteiger partial charge in [0.25, 0.3) is 5.91 Å². The van der Waals surface area contributed by atoms with E-state index in [0.29, 0.717) is 40.7 Å². The Kier molecular flexibility index (Phi) is 7.09. The molecule has 134 valence electrons. The fourth-order valence-corrected chi connectivity index (χ4v) is 2.98. The molecule has 0 saturated heterocycles. The second kappa shape index (κ2) is 9.29. The topological polar surface area (TPSA) is 76.7 Å². The molecule has 8 heteroatoms. The van der Waals surface area contributed by atoms with Crippen LogP contribution in [-0.2, 0) is 4.79 Å². The SMILES string of the molecule is COc1cc(NC(=O)CCCNC(=O)c2ccsc2)c(OC)cc1Cl. The summed E-state index contributed by atoms with van der Waals surface area (Å²) in [4.78, 5) is 23.9. The standard InChI is InChI=1S/C17H19ClN2O4S/c1-23-14-9-13(15(24-2)8-12(14)18)20-16(21)4-3-6-19-17(22)11-5-7-25-10-11/h5,7-10H,3-4,6H2,1-2H3,(H,19,22)(H,20,21). The lowest BCUT2D eigenvalue weighted by molar-refractivity contribution is -0.116. The van der Waals surface area contributed by atoms with Gasteiger partial charge in [-0.1, -0.05) is 11.6 Å². The average molecular weight is 383 g/mol. The summed E-state index contributed by atoms with van der Waals surface area (Å²) >= 11 is 7.50. The quantitative estimate of drug-likeness (QED) is 0.684. The Labute approximate surface area is 155 Å². The summed E-state index contributed by atoms with van der Waals surface area (Å²) in [5.74, 6) is 0.573. The fourth-order valence-electron chi connectivity index (χ4n) is 2.12. The maximum Gasteiger partial charge on any atom is 0.252 e. The number of ether oxygens (including phenoxy) is 2. The van der Waals surface area contributed by atoms with Crippen LogP contribution in [0.4, 0.5) is 5.69 Å². The van der Waals surface area contributed by atoms with E-state index < -0.39 is 0 Å². The molecule has 0 radical (unpaired) electrons. The Hall–Kier alpha value is -2.25. The number of anilines is 1. The van der Waals surface area contributed by atoms with E-state index in [2.05, 4.69) is 10.6 Å². The molecule has 2 aromatic rings. The first-order valence-electron chi connectivity index (χ1n) is 7.57. The predicted molar refractivity (Wildman–Crippen MR) is 99.1 cm³/mol. The lowest BCUT2D eigenvalue weighted by Crippen LogP contribution is -2.25. The molecule has 2 N–H and O–H groups in total. The molecular formula is C17H19ClN2O4S. The Bertz CT molecular complexity index is 734. The van der Waals surface area contributed by atoms with Gasteiger partial charge in [-0.15, -0.1) is 0 Å². The van der Waals surface area contributed by atoms with Crippen molar-refractivity contribution in [2.75, 3.05) is 26.1 Å². The van der Waals surface area contributed by atoms with Gasteiger partial charge in [0.15, 0.2) is 0 Å². The number of halogens is 1. The maximum absolute atomic E-state index is 12.1. The van der Waals surface area contributed by atoms with Crippen LogP contribution in [0.2, 0.25) is 5.02 Å². The van der Waals surface area contributed by atoms with Crippen molar-refractivity contribution in [3.8, 4) is 11.5 Å². The van der Waals surface area contributed by atoms with Crippen molar-refractivity contribution in [3.05, 3.63) is 39.5 Å². The van der Waals surface area contributed by atoms with Crippen LogP contribution in [-0.4, -0.2) is 32.6 Å². The summed E-state index contributed by atoms with van der Waals surface area (Å²) in [7, 11) is 2.99. The van der Waals surface area contributed by atoms with E-state index in [1.807, 2.05) is 5.38 Å². The van der Waals surface area contributed by atoms with Crippen LogP contribution < -0.4 is 20.1 Å². The highest BCUT2D eigenvalue weighted by Gasteiger charge is 2.12. The third kappa shape index (κ3) is 5.37. The van der Waals surface area contributed by atoms with Gasteiger partial charge in [-0.05, 0) is 17.9 Å². The van der Waals surface area contributed by atoms with E-state index in [0.717, 1.165) is 0 Å². The third-order valence-electron chi connectivity index (χ3n) is 3.40. The second-order valence-corrected chi connectivity index (χ2v) is 6.29. The third-order valence-corrected chi connectivity index (χ3v) is 4.38. The lowest BCUT2D eigenvalue weighted by atomic mass is 10.2. The molecule has 6 nitrogen and oxygen atoms in total. The van der Waals surface area contributed by atoms with E-state index in [1.165, 1.54) is 25.6 Å². The molecule has 0 atom stereocenters. The van der Waals surface area contributed by atoms with Crippen molar-refractivity contribution in [3.63, 3.8) is 0 Å². The minimum absolute atomic E-state index is 0.134. The first-order valence-corrected chi connectivity index (χ1v) is 8.89. The van der Waals surface area contributed by atoms with Crippen LogP contribution in [0.5, 0.6) is 11.5 Å². The normalized spacial score (nSPS) is 10.2. The van der Waals surface area contributed by atoms with E-state index in [4.69, 9.17) is 21.1 Å². The van der Waals surface area contributed by atoms with Gasteiger partial charge >= 0.3 is 0 Å². The number of hydrogen-bond acceptors (Lipinski definition) is 5. The summed E-state index contributed by atoms with van der Waals surface area (Å²) < 4.78 is 10.4. The molecule has 0 aliphatic carbocycles. The second-order valence-electron chi connectivity index (χ2n) is 5.11. The molecule has 0 aliphatic heterocycles. The van der Waals surface area contributed by atoms with Gasteiger partial charge in [0.1, 0.15) is 11.5 Å². The molecule has 0 saturated carbocycles. The Morgan fingerprint density at radius 2 is 1.96 bits per heavy atom. The highest BCUT2D eigenvalue weighted by molar-refractivity contribution is 7.08. The van der Waals surface area contributed by atoms with Crippen molar-refractivity contribution in [1.29, 1.82) is 0 Å². The monoisotopic (exact) mass is 382 g/mol. The number of benzene rings is 1. The summed E-state index contributed by atoms with van der Waals surface area (Å²) in [5, 5.41) is 9.56. The average Bonchev–Trinajstić information content (AvgIpc) is 3.14. The van der Waals surface area contributed by atoms with Gasteiger partial charge in [0, 0.05) is 36.0 Å². The number of carbonyl (C=O) groups is 2. The fraction of sp³-hybridized carbons (Fsp3) is 0.294. The van der Waals surface area contributed by atoms with Crippen LogP contribution in [0.15, 0.2) is 29.0 Å². The Morgan fingerprint density at radius 1 is 1.20 bits per heavy atom. The summed E-state index contributed by atoms with van der Waals surface area (Å²) in [5.41, 5.74) is 1.11. The first-order chi connectivity index (χ1) is 12.0. The van der Waals surface area contributed by atoms with Crippen LogP contribution in [0.1, 0.15) is 23.2 Å². The number of hydrogen-bond donors (Lipinski definition) is 2. The largest absolute Gasteiger partial charge is 0.495 e. The zero-order valence-corrected chi connectivity index (χ0v) is 15.5. The van der Waals surface area contributed by atoms with Crippen LogP contribution in [0.3, 0.4) is 0 Å². The van der Waals surface area contributed by atoms with Gasteiger partial charge in [-0.2, -0.15) is 11.3 Å². The van der Waals surface area contributed by atoms with E-state index >= 15 is 0 Å². The van der Waals surface area contributed by atoms with E-state index in [1.54, 1.807) is 23.6 Å². The molecule has 0 aliphatic rings. The van der Waals surface area contributed by atoms with Crippen molar-refractivity contribution in [1.82, 2.24) is 5.32 Å². The lowest BCUT2D eigenvalue weighted by Gasteiger charge is -2.13. The van der Waals surface area contributed by atoms with Gasteiger partial charge < -0.3 is 20.1 Å². The van der Waals surface area contributed by atoms with Crippen molar-refractivity contribution < 1.29 is 19.1 Å². The van der Waals surface area contributed by atoms with Crippen LogP contribution >= 0.6 is 22.9 Å². The zero-order valence-electron chi connectivity index (χ0n) is 13.9. The van der Waals surface area contributed by atoms with Crippen LogP contribution in [0, 0.1) is 0 Å². The van der Waals surface area contributed by atoms with Crippen LogP contribution in [0.25, 0.3) is 0 Å². The molecule has 1 aromatic carbocycles. The van der Waals surface area contributed by atoms with Gasteiger partial charge in [0.05, 0.1) is 24.9 Å². The maximum atomic E-state index is 12.1.